The zero-order valence-electron chi connectivity index (χ0n) is 9.21. The second kappa shape index (κ2) is 4.63. The Labute approximate surface area is 98.1 Å². The van der Waals surface area contributed by atoms with Crippen molar-refractivity contribution in [3.63, 3.8) is 0 Å². The molecular formula is C10H13N5S. The second-order valence-electron chi connectivity index (χ2n) is 3.39. The van der Waals surface area contributed by atoms with Crippen molar-refractivity contribution in [2.45, 2.75) is 23.7 Å². The van der Waals surface area contributed by atoms with Crippen molar-refractivity contribution in [1.29, 1.82) is 0 Å². The molecule has 2 heterocycles. The fraction of sp³-hybridized carbons (Fsp3) is 0.300. The van der Waals surface area contributed by atoms with Crippen LogP contribution in [0.5, 0.6) is 0 Å². The van der Waals surface area contributed by atoms with Gasteiger partial charge in [0.25, 0.3) is 0 Å². The topological polar surface area (TPSA) is 69.6 Å². The van der Waals surface area contributed by atoms with Gasteiger partial charge in [0.05, 0.1) is 0 Å². The van der Waals surface area contributed by atoms with E-state index in [1.165, 1.54) is 18.1 Å². The molecule has 0 bridgehead atoms. The Morgan fingerprint density at radius 1 is 1.44 bits per heavy atom. The van der Waals surface area contributed by atoms with E-state index in [0.717, 1.165) is 21.4 Å². The number of aryl methyl sites for hydroxylation is 2. The molecule has 0 aliphatic heterocycles. The summed E-state index contributed by atoms with van der Waals surface area (Å²) in [5, 5.41) is 5.73. The van der Waals surface area contributed by atoms with Gasteiger partial charge >= 0.3 is 0 Å². The zero-order valence-corrected chi connectivity index (χ0v) is 10.0. The van der Waals surface area contributed by atoms with Gasteiger partial charge in [0.1, 0.15) is 11.4 Å². The van der Waals surface area contributed by atoms with Gasteiger partial charge in [-0.05, 0) is 30.3 Å². The number of rotatable bonds is 3. The maximum atomic E-state index is 5.67. The quantitative estimate of drug-likeness (QED) is 0.863. The molecule has 0 spiro atoms. The monoisotopic (exact) mass is 235 g/mol. The van der Waals surface area contributed by atoms with Crippen molar-refractivity contribution in [2.75, 3.05) is 0 Å². The van der Waals surface area contributed by atoms with Crippen LogP contribution in [-0.4, -0.2) is 19.7 Å². The van der Waals surface area contributed by atoms with Crippen LogP contribution < -0.4 is 5.73 Å². The number of hydrogen-bond acceptors (Lipinski definition) is 5. The maximum absolute atomic E-state index is 5.67. The molecule has 84 valence electrons. The van der Waals surface area contributed by atoms with Crippen LogP contribution in [0.15, 0.2) is 28.6 Å². The Morgan fingerprint density at radius 2 is 2.25 bits per heavy atom. The van der Waals surface area contributed by atoms with Crippen LogP contribution in [0.4, 0.5) is 0 Å². The van der Waals surface area contributed by atoms with E-state index < -0.39 is 0 Å². The SMILES string of the molecule is Cc1ccc(CN)c(Sc2ncnn2C)n1. The largest absolute Gasteiger partial charge is 0.326 e. The zero-order chi connectivity index (χ0) is 11.5. The lowest BCUT2D eigenvalue weighted by atomic mass is 10.2. The van der Waals surface area contributed by atoms with Crippen LogP contribution in [0.2, 0.25) is 0 Å². The molecule has 0 saturated carbocycles. The summed E-state index contributed by atoms with van der Waals surface area (Å²) in [6.07, 6.45) is 1.53. The first kappa shape index (κ1) is 11.1. The van der Waals surface area contributed by atoms with Gasteiger partial charge in [0, 0.05) is 19.3 Å². The van der Waals surface area contributed by atoms with Gasteiger partial charge in [-0.15, -0.1) is 0 Å². The van der Waals surface area contributed by atoms with Crippen LogP contribution in [0.25, 0.3) is 0 Å². The molecule has 2 rings (SSSR count). The van der Waals surface area contributed by atoms with E-state index in [9.17, 15) is 0 Å². The number of hydrogen-bond donors (Lipinski definition) is 1. The van der Waals surface area contributed by atoms with E-state index in [0.29, 0.717) is 6.54 Å². The van der Waals surface area contributed by atoms with Crippen molar-refractivity contribution in [3.05, 3.63) is 29.7 Å². The van der Waals surface area contributed by atoms with Gasteiger partial charge in [-0.3, -0.25) is 0 Å². The number of nitrogens with two attached hydrogens (primary N) is 1. The van der Waals surface area contributed by atoms with Crippen molar-refractivity contribution in [3.8, 4) is 0 Å². The number of pyridine rings is 1. The molecule has 5 nitrogen and oxygen atoms in total. The van der Waals surface area contributed by atoms with E-state index in [1.54, 1.807) is 4.68 Å². The van der Waals surface area contributed by atoms with E-state index >= 15 is 0 Å². The van der Waals surface area contributed by atoms with Crippen LogP contribution in [-0.2, 0) is 13.6 Å². The predicted molar refractivity (Wildman–Crippen MR) is 62.0 cm³/mol. The minimum Gasteiger partial charge on any atom is -0.326 e. The van der Waals surface area contributed by atoms with Gasteiger partial charge in [-0.25, -0.2) is 14.6 Å². The van der Waals surface area contributed by atoms with Gasteiger partial charge in [-0.2, -0.15) is 5.10 Å². The van der Waals surface area contributed by atoms with E-state index in [2.05, 4.69) is 15.1 Å². The Balaban J connectivity index is 2.33. The molecule has 0 amide bonds. The Bertz CT molecular complexity index is 494. The lowest BCUT2D eigenvalue weighted by Gasteiger charge is -2.06. The third-order valence-electron chi connectivity index (χ3n) is 2.16. The molecule has 16 heavy (non-hydrogen) atoms. The summed E-state index contributed by atoms with van der Waals surface area (Å²) < 4.78 is 1.72. The molecule has 0 saturated heterocycles. The van der Waals surface area contributed by atoms with Crippen molar-refractivity contribution in [1.82, 2.24) is 19.7 Å². The molecule has 6 heteroatoms. The summed E-state index contributed by atoms with van der Waals surface area (Å²) in [5.74, 6) is 0. The summed E-state index contributed by atoms with van der Waals surface area (Å²) in [7, 11) is 1.85. The lowest BCUT2D eigenvalue weighted by molar-refractivity contribution is 0.684. The van der Waals surface area contributed by atoms with E-state index in [1.807, 2.05) is 26.1 Å². The average molecular weight is 235 g/mol. The first-order valence-electron chi connectivity index (χ1n) is 4.89. The highest BCUT2D eigenvalue weighted by molar-refractivity contribution is 7.99. The molecule has 0 unspecified atom stereocenters. The van der Waals surface area contributed by atoms with E-state index in [-0.39, 0.29) is 0 Å². The van der Waals surface area contributed by atoms with Crippen LogP contribution in [0.1, 0.15) is 11.3 Å². The molecule has 0 atom stereocenters. The van der Waals surface area contributed by atoms with Gasteiger partial charge < -0.3 is 5.73 Å². The van der Waals surface area contributed by atoms with Crippen LogP contribution in [0, 0.1) is 6.92 Å². The van der Waals surface area contributed by atoms with Gasteiger partial charge in [0.2, 0.25) is 0 Å². The Kier molecular flexibility index (Phi) is 3.21. The molecule has 2 aromatic rings. The van der Waals surface area contributed by atoms with Crippen molar-refractivity contribution >= 4 is 11.8 Å². The Morgan fingerprint density at radius 3 is 2.88 bits per heavy atom. The molecule has 0 fully saturated rings. The standard InChI is InChI=1S/C10H13N5S/c1-7-3-4-8(5-11)9(14-7)16-10-12-6-13-15(10)2/h3-4,6H,5,11H2,1-2H3. The summed E-state index contributed by atoms with van der Waals surface area (Å²) >= 11 is 1.48. The summed E-state index contributed by atoms with van der Waals surface area (Å²) in [6.45, 7) is 2.44. The third-order valence-corrected chi connectivity index (χ3v) is 3.26. The number of nitrogens with zero attached hydrogens (tertiary/aromatic N) is 4. The first-order valence-corrected chi connectivity index (χ1v) is 5.71. The smallest absolute Gasteiger partial charge is 0.192 e. The Hall–Kier alpha value is -1.40. The fourth-order valence-corrected chi connectivity index (χ4v) is 2.19. The maximum Gasteiger partial charge on any atom is 0.192 e. The molecule has 2 N–H and O–H groups in total. The summed E-state index contributed by atoms with van der Waals surface area (Å²) in [5.41, 5.74) is 7.67. The minimum atomic E-state index is 0.480. The second-order valence-corrected chi connectivity index (χ2v) is 4.35. The van der Waals surface area contributed by atoms with E-state index in [4.69, 9.17) is 5.73 Å². The first-order chi connectivity index (χ1) is 7.70. The van der Waals surface area contributed by atoms with Gasteiger partial charge in [-0.1, -0.05) is 6.07 Å². The van der Waals surface area contributed by atoms with Crippen molar-refractivity contribution in [2.24, 2.45) is 12.8 Å². The average Bonchev–Trinajstić information content (AvgIpc) is 2.65. The summed E-state index contributed by atoms with van der Waals surface area (Å²) in [6, 6.07) is 3.96. The third kappa shape index (κ3) is 2.23. The van der Waals surface area contributed by atoms with Crippen LogP contribution in [0.3, 0.4) is 0 Å². The number of aromatic nitrogens is 4. The highest BCUT2D eigenvalue weighted by Crippen LogP contribution is 2.26. The minimum absolute atomic E-state index is 0.480. The van der Waals surface area contributed by atoms with Crippen molar-refractivity contribution < 1.29 is 0 Å². The molecule has 0 aliphatic carbocycles. The molecular weight excluding hydrogens is 222 g/mol. The lowest BCUT2D eigenvalue weighted by Crippen LogP contribution is -2.02. The van der Waals surface area contributed by atoms with Gasteiger partial charge in [0.15, 0.2) is 5.16 Å². The van der Waals surface area contributed by atoms with Crippen LogP contribution >= 0.6 is 11.8 Å². The fourth-order valence-electron chi connectivity index (χ4n) is 1.27. The predicted octanol–water partition coefficient (Wildman–Crippen LogP) is 1.13. The highest BCUT2D eigenvalue weighted by Gasteiger charge is 2.09. The molecule has 2 aromatic heterocycles. The normalized spacial score (nSPS) is 10.7. The summed E-state index contributed by atoms with van der Waals surface area (Å²) in [4.78, 5) is 8.61. The highest BCUT2D eigenvalue weighted by atomic mass is 32.2. The molecule has 0 aromatic carbocycles. The molecule has 0 aliphatic rings. The molecule has 0 radical (unpaired) electrons.